The molecule has 4 rings (SSSR count). The van der Waals surface area contributed by atoms with Crippen LogP contribution in [0.15, 0.2) is 67.0 Å². The van der Waals surface area contributed by atoms with Gasteiger partial charge < -0.3 is 15.0 Å². The Bertz CT molecular complexity index is 1160. The first kappa shape index (κ1) is 23.4. The summed E-state index contributed by atoms with van der Waals surface area (Å²) in [6, 6.07) is 15.7. The number of anilines is 2. The molecule has 3 aromatic rings. The van der Waals surface area contributed by atoms with Gasteiger partial charge in [-0.25, -0.2) is 0 Å². The zero-order valence-corrected chi connectivity index (χ0v) is 20.0. The predicted molar refractivity (Wildman–Crippen MR) is 135 cm³/mol. The highest BCUT2D eigenvalue weighted by atomic mass is 32.1. The van der Waals surface area contributed by atoms with E-state index in [1.54, 1.807) is 27.9 Å². The van der Waals surface area contributed by atoms with E-state index in [9.17, 15) is 9.59 Å². The molecule has 2 aromatic carbocycles. The number of aromatic nitrogens is 2. The molecule has 2 amide bonds. The van der Waals surface area contributed by atoms with Gasteiger partial charge in [0, 0.05) is 31.0 Å². The van der Waals surface area contributed by atoms with Gasteiger partial charge in [-0.05, 0) is 55.0 Å². The Hall–Kier alpha value is -3.72. The molecule has 0 saturated carbocycles. The van der Waals surface area contributed by atoms with Gasteiger partial charge in [-0.15, -0.1) is 0 Å². The van der Waals surface area contributed by atoms with E-state index < -0.39 is 6.04 Å². The van der Waals surface area contributed by atoms with Crippen molar-refractivity contribution >= 4 is 40.5 Å². The van der Waals surface area contributed by atoms with Crippen molar-refractivity contribution in [2.45, 2.75) is 32.4 Å². The zero-order valence-electron chi connectivity index (χ0n) is 19.2. The fourth-order valence-electron chi connectivity index (χ4n) is 3.82. The molecule has 1 aliphatic rings. The summed E-state index contributed by atoms with van der Waals surface area (Å²) in [5, 5.41) is 7.46. The lowest BCUT2D eigenvalue weighted by atomic mass is 10.1. The second kappa shape index (κ2) is 10.5. The Balaban J connectivity index is 1.51. The number of para-hydroxylation sites is 1. The van der Waals surface area contributed by atoms with Crippen LogP contribution in [0.4, 0.5) is 11.4 Å². The Morgan fingerprint density at radius 3 is 2.53 bits per heavy atom. The number of rotatable bonds is 9. The van der Waals surface area contributed by atoms with Crippen molar-refractivity contribution < 1.29 is 14.3 Å². The number of amides is 2. The number of carbonyl (C=O) groups is 2. The van der Waals surface area contributed by atoms with Crippen molar-refractivity contribution in [2.24, 2.45) is 7.05 Å². The van der Waals surface area contributed by atoms with E-state index in [1.807, 2.05) is 62.6 Å². The zero-order chi connectivity index (χ0) is 24.1. The third kappa shape index (κ3) is 5.26. The van der Waals surface area contributed by atoms with E-state index in [0.29, 0.717) is 29.6 Å². The molecule has 2 heterocycles. The quantitative estimate of drug-likeness (QED) is 0.473. The van der Waals surface area contributed by atoms with E-state index in [-0.39, 0.29) is 18.2 Å². The first-order valence-electron chi connectivity index (χ1n) is 11.2. The van der Waals surface area contributed by atoms with E-state index >= 15 is 0 Å². The van der Waals surface area contributed by atoms with E-state index in [4.69, 9.17) is 17.0 Å². The molecule has 0 bridgehead atoms. The van der Waals surface area contributed by atoms with Crippen molar-refractivity contribution in [3.63, 3.8) is 0 Å². The first-order chi connectivity index (χ1) is 16.5. The number of thiocarbonyl (C=S) groups is 1. The maximum Gasteiger partial charge on any atom is 0.256 e. The van der Waals surface area contributed by atoms with Crippen LogP contribution in [0.3, 0.4) is 0 Å². The van der Waals surface area contributed by atoms with Gasteiger partial charge in [0.05, 0.1) is 24.9 Å². The summed E-state index contributed by atoms with van der Waals surface area (Å²) in [5.41, 5.74) is 2.22. The lowest BCUT2D eigenvalue weighted by Gasteiger charge is -2.23. The van der Waals surface area contributed by atoms with Gasteiger partial charge in [-0.3, -0.25) is 19.2 Å². The molecule has 0 radical (unpaired) electrons. The minimum Gasteiger partial charge on any atom is -0.494 e. The van der Waals surface area contributed by atoms with Gasteiger partial charge in [0.1, 0.15) is 11.8 Å². The number of hydrogen-bond donors (Lipinski definition) is 1. The molecule has 8 nitrogen and oxygen atoms in total. The van der Waals surface area contributed by atoms with Gasteiger partial charge in [0.25, 0.3) is 5.91 Å². The second-order valence-electron chi connectivity index (χ2n) is 8.08. The molecule has 34 heavy (non-hydrogen) atoms. The SMILES string of the molecule is CCCOc1ccc(NC(=O)CC2C(=O)N(c3ccccc3)C(=S)N2Cc2cnn(C)c2)cc1. The summed E-state index contributed by atoms with van der Waals surface area (Å²) in [6.45, 7) is 3.06. The Morgan fingerprint density at radius 1 is 1.15 bits per heavy atom. The topological polar surface area (TPSA) is 79.7 Å². The summed E-state index contributed by atoms with van der Waals surface area (Å²) >= 11 is 5.69. The number of nitrogens with zero attached hydrogens (tertiary/aromatic N) is 4. The number of carbonyl (C=O) groups excluding carboxylic acids is 2. The molecule has 1 aromatic heterocycles. The molecule has 1 N–H and O–H groups in total. The highest BCUT2D eigenvalue weighted by Gasteiger charge is 2.44. The molecular formula is C25H27N5O3S. The van der Waals surface area contributed by atoms with Gasteiger partial charge in [-0.2, -0.15) is 5.10 Å². The lowest BCUT2D eigenvalue weighted by molar-refractivity contribution is -0.124. The smallest absolute Gasteiger partial charge is 0.256 e. The van der Waals surface area contributed by atoms with Gasteiger partial charge in [0.2, 0.25) is 5.91 Å². The summed E-state index contributed by atoms with van der Waals surface area (Å²) in [4.78, 5) is 29.7. The summed E-state index contributed by atoms with van der Waals surface area (Å²) in [5.74, 6) is 0.255. The van der Waals surface area contributed by atoms with Crippen molar-refractivity contribution in [2.75, 3.05) is 16.8 Å². The fraction of sp³-hybridized carbons (Fsp3) is 0.280. The highest BCUT2D eigenvalue weighted by Crippen LogP contribution is 2.29. The largest absolute Gasteiger partial charge is 0.494 e. The number of aryl methyl sites for hydroxylation is 1. The van der Waals surface area contributed by atoms with Crippen molar-refractivity contribution in [1.29, 1.82) is 0 Å². The minimum absolute atomic E-state index is 0.0311. The van der Waals surface area contributed by atoms with Crippen molar-refractivity contribution in [3.05, 3.63) is 72.6 Å². The van der Waals surface area contributed by atoms with Crippen LogP contribution in [0.25, 0.3) is 0 Å². The monoisotopic (exact) mass is 477 g/mol. The lowest BCUT2D eigenvalue weighted by Crippen LogP contribution is -2.37. The first-order valence-corrected chi connectivity index (χ1v) is 11.6. The molecule has 1 aliphatic heterocycles. The minimum atomic E-state index is -0.722. The van der Waals surface area contributed by atoms with Gasteiger partial charge >= 0.3 is 0 Å². The third-order valence-corrected chi connectivity index (χ3v) is 5.85. The molecule has 1 atom stereocenters. The molecule has 0 aliphatic carbocycles. The van der Waals surface area contributed by atoms with Crippen LogP contribution in [0.1, 0.15) is 25.3 Å². The average Bonchev–Trinajstić information content (AvgIpc) is 3.35. The van der Waals surface area contributed by atoms with E-state index in [1.165, 1.54) is 4.90 Å². The molecule has 1 unspecified atom stereocenters. The maximum absolute atomic E-state index is 13.4. The average molecular weight is 478 g/mol. The standard InChI is InChI=1S/C25H27N5O3S/c1-3-13-33-21-11-9-19(10-12-21)27-23(31)14-22-24(32)30(20-7-5-4-6-8-20)25(34)29(22)17-18-15-26-28(2)16-18/h4-12,15-16,22H,3,13-14,17H2,1-2H3,(H,27,31). The number of benzene rings is 2. The third-order valence-electron chi connectivity index (χ3n) is 5.43. The number of hydrogen-bond acceptors (Lipinski definition) is 5. The molecule has 1 saturated heterocycles. The van der Waals surface area contributed by atoms with Crippen LogP contribution in [0.5, 0.6) is 5.75 Å². The van der Waals surface area contributed by atoms with Crippen LogP contribution in [0, 0.1) is 0 Å². The summed E-state index contributed by atoms with van der Waals surface area (Å²) < 4.78 is 7.28. The second-order valence-corrected chi connectivity index (χ2v) is 8.45. The van der Waals surface area contributed by atoms with Crippen molar-refractivity contribution in [1.82, 2.24) is 14.7 Å². The van der Waals surface area contributed by atoms with Crippen LogP contribution < -0.4 is 15.0 Å². The van der Waals surface area contributed by atoms with Crippen LogP contribution in [0.2, 0.25) is 0 Å². The van der Waals surface area contributed by atoms with E-state index in [2.05, 4.69) is 10.4 Å². The molecular weight excluding hydrogens is 450 g/mol. The van der Waals surface area contributed by atoms with Crippen LogP contribution >= 0.6 is 12.2 Å². The van der Waals surface area contributed by atoms with Crippen LogP contribution in [-0.2, 0) is 23.2 Å². The van der Waals surface area contributed by atoms with Crippen molar-refractivity contribution in [3.8, 4) is 5.75 Å². The number of nitrogens with one attached hydrogen (secondary N) is 1. The molecule has 9 heteroatoms. The normalized spacial score (nSPS) is 15.6. The molecule has 0 spiro atoms. The summed E-state index contributed by atoms with van der Waals surface area (Å²) in [7, 11) is 1.83. The summed E-state index contributed by atoms with van der Waals surface area (Å²) in [6.07, 6.45) is 4.50. The maximum atomic E-state index is 13.4. The fourth-order valence-corrected chi connectivity index (χ4v) is 4.21. The van der Waals surface area contributed by atoms with Crippen LogP contribution in [-0.4, -0.2) is 44.3 Å². The Kier molecular flexibility index (Phi) is 7.22. The Morgan fingerprint density at radius 2 is 1.88 bits per heavy atom. The highest BCUT2D eigenvalue weighted by molar-refractivity contribution is 7.80. The van der Waals surface area contributed by atoms with Gasteiger partial charge in [0.15, 0.2) is 5.11 Å². The molecule has 176 valence electrons. The van der Waals surface area contributed by atoms with E-state index in [0.717, 1.165) is 17.7 Å². The predicted octanol–water partition coefficient (Wildman–Crippen LogP) is 3.74. The number of ether oxygens (including phenoxy) is 1. The van der Waals surface area contributed by atoms with Gasteiger partial charge in [-0.1, -0.05) is 25.1 Å². The molecule has 1 fully saturated rings. The Labute approximate surface area is 204 Å².